The van der Waals surface area contributed by atoms with Crippen molar-refractivity contribution in [2.45, 2.75) is 12.8 Å². The van der Waals surface area contributed by atoms with E-state index in [9.17, 15) is 14.4 Å². The number of piperidine rings is 1. The van der Waals surface area contributed by atoms with Gasteiger partial charge in [0.15, 0.2) is 0 Å². The standard InChI is InChI=1S/C19H21BrN4O3S/c20-16-6-5-15(28-16)19(27)22-11-17(25)23-13-3-1-2-4-14(13)24-9-7-12(8-10-24)18(21)26/h1-6,12H,7-11H2,(H2,21,26)(H,22,27)(H,23,25). The third-order valence-electron chi connectivity index (χ3n) is 4.62. The highest BCUT2D eigenvalue weighted by molar-refractivity contribution is 9.11. The van der Waals surface area contributed by atoms with E-state index in [1.165, 1.54) is 11.3 Å². The average molecular weight is 465 g/mol. The number of anilines is 2. The molecule has 0 radical (unpaired) electrons. The Morgan fingerprint density at radius 1 is 1.14 bits per heavy atom. The molecule has 2 heterocycles. The van der Waals surface area contributed by atoms with E-state index < -0.39 is 0 Å². The number of rotatable bonds is 6. The maximum Gasteiger partial charge on any atom is 0.261 e. The number of thiophene rings is 1. The Balaban J connectivity index is 1.58. The molecule has 7 nitrogen and oxygen atoms in total. The van der Waals surface area contributed by atoms with Gasteiger partial charge in [0.05, 0.1) is 26.6 Å². The van der Waals surface area contributed by atoms with Crippen LogP contribution in [0.1, 0.15) is 22.5 Å². The number of benzene rings is 1. The molecule has 9 heteroatoms. The number of amides is 3. The quantitative estimate of drug-likeness (QED) is 0.610. The van der Waals surface area contributed by atoms with Gasteiger partial charge in [-0.3, -0.25) is 14.4 Å². The Morgan fingerprint density at radius 3 is 2.50 bits per heavy atom. The van der Waals surface area contributed by atoms with E-state index in [1.54, 1.807) is 12.1 Å². The number of para-hydroxylation sites is 2. The lowest BCUT2D eigenvalue weighted by atomic mass is 9.96. The Labute approximate surface area is 175 Å². The molecule has 1 aromatic carbocycles. The van der Waals surface area contributed by atoms with E-state index in [0.29, 0.717) is 36.5 Å². The van der Waals surface area contributed by atoms with Gasteiger partial charge in [0.25, 0.3) is 5.91 Å². The number of carbonyl (C=O) groups is 3. The highest BCUT2D eigenvalue weighted by Gasteiger charge is 2.24. The Kier molecular flexibility index (Phi) is 6.69. The Hall–Kier alpha value is -2.39. The summed E-state index contributed by atoms with van der Waals surface area (Å²) in [7, 11) is 0. The first-order chi connectivity index (χ1) is 13.4. The highest BCUT2D eigenvalue weighted by Crippen LogP contribution is 2.29. The molecule has 28 heavy (non-hydrogen) atoms. The van der Waals surface area contributed by atoms with Gasteiger partial charge in [-0.2, -0.15) is 0 Å². The van der Waals surface area contributed by atoms with Crippen LogP contribution in [0, 0.1) is 5.92 Å². The van der Waals surface area contributed by atoms with Crippen LogP contribution in [0.5, 0.6) is 0 Å². The lowest BCUT2D eigenvalue weighted by molar-refractivity contribution is -0.122. The van der Waals surface area contributed by atoms with Gasteiger partial charge >= 0.3 is 0 Å². The zero-order valence-corrected chi connectivity index (χ0v) is 17.5. The number of nitrogens with two attached hydrogens (primary N) is 1. The summed E-state index contributed by atoms with van der Waals surface area (Å²) in [4.78, 5) is 38.4. The summed E-state index contributed by atoms with van der Waals surface area (Å²) in [6, 6.07) is 11.0. The Morgan fingerprint density at radius 2 is 1.86 bits per heavy atom. The molecule has 3 amide bonds. The minimum Gasteiger partial charge on any atom is -0.370 e. The van der Waals surface area contributed by atoms with Crippen LogP contribution in [-0.4, -0.2) is 37.4 Å². The molecule has 0 aliphatic carbocycles. The van der Waals surface area contributed by atoms with Crippen LogP contribution in [0.3, 0.4) is 0 Å². The van der Waals surface area contributed by atoms with Crippen LogP contribution in [-0.2, 0) is 9.59 Å². The van der Waals surface area contributed by atoms with Gasteiger partial charge in [0, 0.05) is 19.0 Å². The first-order valence-electron chi connectivity index (χ1n) is 8.90. The second-order valence-electron chi connectivity index (χ2n) is 6.52. The molecule has 0 bridgehead atoms. The van der Waals surface area contributed by atoms with Crippen molar-refractivity contribution in [2.75, 3.05) is 29.9 Å². The fourth-order valence-corrected chi connectivity index (χ4v) is 4.44. The summed E-state index contributed by atoms with van der Waals surface area (Å²) >= 11 is 4.62. The summed E-state index contributed by atoms with van der Waals surface area (Å²) in [6.45, 7) is 1.28. The molecule has 1 fully saturated rings. The van der Waals surface area contributed by atoms with Crippen molar-refractivity contribution < 1.29 is 14.4 Å². The number of hydrogen-bond acceptors (Lipinski definition) is 5. The average Bonchev–Trinajstić information content (AvgIpc) is 3.13. The largest absolute Gasteiger partial charge is 0.370 e. The van der Waals surface area contributed by atoms with E-state index in [2.05, 4.69) is 31.5 Å². The van der Waals surface area contributed by atoms with Crippen LogP contribution >= 0.6 is 27.3 Å². The molecular formula is C19H21BrN4O3S. The number of nitrogens with one attached hydrogen (secondary N) is 2. The van der Waals surface area contributed by atoms with Gasteiger partial charge in [0.1, 0.15) is 0 Å². The zero-order chi connectivity index (χ0) is 20.1. The molecule has 1 aliphatic rings. The zero-order valence-electron chi connectivity index (χ0n) is 15.1. The number of carbonyl (C=O) groups excluding carboxylic acids is 3. The molecule has 0 atom stereocenters. The van der Waals surface area contributed by atoms with Crippen LogP contribution in [0.15, 0.2) is 40.2 Å². The van der Waals surface area contributed by atoms with Gasteiger partial charge in [-0.1, -0.05) is 12.1 Å². The van der Waals surface area contributed by atoms with Gasteiger partial charge in [-0.15, -0.1) is 11.3 Å². The number of halogens is 1. The molecule has 148 valence electrons. The van der Waals surface area contributed by atoms with Crippen molar-refractivity contribution in [1.82, 2.24) is 5.32 Å². The number of hydrogen-bond donors (Lipinski definition) is 3. The number of primary amides is 1. The minimum atomic E-state index is -0.302. The van der Waals surface area contributed by atoms with Crippen molar-refractivity contribution in [3.8, 4) is 0 Å². The molecule has 1 saturated heterocycles. The van der Waals surface area contributed by atoms with E-state index in [0.717, 1.165) is 9.47 Å². The second-order valence-corrected chi connectivity index (χ2v) is 8.98. The van der Waals surface area contributed by atoms with Crippen molar-refractivity contribution in [1.29, 1.82) is 0 Å². The topological polar surface area (TPSA) is 105 Å². The van der Waals surface area contributed by atoms with Crippen molar-refractivity contribution in [3.63, 3.8) is 0 Å². The molecule has 0 saturated carbocycles. The van der Waals surface area contributed by atoms with Gasteiger partial charge in [0.2, 0.25) is 11.8 Å². The molecular weight excluding hydrogens is 444 g/mol. The molecule has 3 rings (SSSR count). The predicted octanol–water partition coefficient (Wildman–Crippen LogP) is 2.58. The summed E-state index contributed by atoms with van der Waals surface area (Å²) in [5.74, 6) is -0.934. The summed E-state index contributed by atoms with van der Waals surface area (Å²) in [5.41, 5.74) is 6.97. The second kappa shape index (κ2) is 9.20. The first-order valence-corrected chi connectivity index (χ1v) is 10.5. The predicted molar refractivity (Wildman–Crippen MR) is 114 cm³/mol. The molecule has 1 aliphatic heterocycles. The monoisotopic (exact) mass is 464 g/mol. The van der Waals surface area contributed by atoms with Gasteiger partial charge < -0.3 is 21.3 Å². The van der Waals surface area contributed by atoms with Crippen LogP contribution in [0.4, 0.5) is 11.4 Å². The molecule has 2 aromatic rings. The lowest BCUT2D eigenvalue weighted by Crippen LogP contribution is -2.39. The normalized spacial score (nSPS) is 14.5. The summed E-state index contributed by atoms with van der Waals surface area (Å²) in [6.07, 6.45) is 1.40. The maximum atomic E-state index is 12.3. The minimum absolute atomic E-state index is 0.0921. The van der Waals surface area contributed by atoms with Crippen molar-refractivity contribution in [2.24, 2.45) is 11.7 Å². The molecule has 1 aromatic heterocycles. The molecule has 0 spiro atoms. The lowest BCUT2D eigenvalue weighted by Gasteiger charge is -2.33. The van der Waals surface area contributed by atoms with E-state index in [-0.39, 0.29) is 30.2 Å². The fraction of sp³-hybridized carbons (Fsp3) is 0.316. The van der Waals surface area contributed by atoms with E-state index >= 15 is 0 Å². The van der Waals surface area contributed by atoms with E-state index in [4.69, 9.17) is 5.73 Å². The number of nitrogens with zero attached hydrogens (tertiary/aromatic N) is 1. The molecule has 4 N–H and O–H groups in total. The summed E-state index contributed by atoms with van der Waals surface area (Å²) in [5, 5.41) is 5.48. The smallest absolute Gasteiger partial charge is 0.261 e. The van der Waals surface area contributed by atoms with Gasteiger partial charge in [-0.05, 0) is 53.0 Å². The van der Waals surface area contributed by atoms with Crippen LogP contribution < -0.4 is 21.3 Å². The van der Waals surface area contributed by atoms with Crippen LogP contribution in [0.25, 0.3) is 0 Å². The van der Waals surface area contributed by atoms with Gasteiger partial charge in [-0.25, -0.2) is 0 Å². The Bertz CT molecular complexity index is 878. The SMILES string of the molecule is NC(=O)C1CCN(c2ccccc2NC(=O)CNC(=O)c2ccc(Br)s2)CC1. The van der Waals surface area contributed by atoms with Crippen LogP contribution in [0.2, 0.25) is 0 Å². The third-order valence-corrected chi connectivity index (χ3v) is 6.25. The first kappa shape index (κ1) is 20.3. The summed E-state index contributed by atoms with van der Waals surface area (Å²) < 4.78 is 0.858. The fourth-order valence-electron chi connectivity index (χ4n) is 3.14. The molecule has 0 unspecified atom stereocenters. The van der Waals surface area contributed by atoms with Crippen molar-refractivity contribution in [3.05, 3.63) is 45.1 Å². The third kappa shape index (κ3) is 5.11. The highest BCUT2D eigenvalue weighted by atomic mass is 79.9. The van der Waals surface area contributed by atoms with E-state index in [1.807, 2.05) is 24.3 Å². The maximum absolute atomic E-state index is 12.3. The van der Waals surface area contributed by atoms with Crippen molar-refractivity contribution >= 4 is 56.4 Å².